The van der Waals surface area contributed by atoms with Crippen LogP contribution in [0.2, 0.25) is 5.02 Å². The topological polar surface area (TPSA) is 56.3 Å². The quantitative estimate of drug-likeness (QED) is 0.529. The molecule has 0 bridgehead atoms. The molecular weight excluding hydrogens is 386 g/mol. The molecule has 0 atom stereocenters. The lowest BCUT2D eigenvalue weighted by Crippen LogP contribution is -2.23. The van der Waals surface area contributed by atoms with Crippen molar-refractivity contribution in [3.63, 3.8) is 0 Å². The molecule has 0 N–H and O–H groups in total. The standard InChI is InChI=1S/C24H20ClNO3/c1-29-21-5-3-2-4-20(21)23(28)16-6-11-19(26-15-16)14-22(27)24(12-13-24)17-7-9-18(25)10-8-17/h2-11,15H,12-14H2,1H3. The zero-order chi connectivity index (χ0) is 20.4. The van der Waals surface area contributed by atoms with Crippen molar-refractivity contribution in [3.05, 3.63) is 94.3 Å². The van der Waals surface area contributed by atoms with Crippen LogP contribution in [0.1, 0.15) is 40.0 Å². The molecule has 4 rings (SSSR count). The molecule has 1 fully saturated rings. The molecule has 2 aromatic carbocycles. The Labute approximate surface area is 174 Å². The molecule has 1 heterocycles. The van der Waals surface area contributed by atoms with Gasteiger partial charge < -0.3 is 4.74 Å². The van der Waals surface area contributed by atoms with Crippen LogP contribution >= 0.6 is 11.6 Å². The summed E-state index contributed by atoms with van der Waals surface area (Å²) in [6, 6.07) is 18.0. The number of pyridine rings is 1. The van der Waals surface area contributed by atoms with Gasteiger partial charge >= 0.3 is 0 Å². The van der Waals surface area contributed by atoms with E-state index in [-0.39, 0.29) is 18.0 Å². The van der Waals surface area contributed by atoms with Gasteiger partial charge in [0.2, 0.25) is 0 Å². The maximum atomic E-state index is 12.9. The lowest BCUT2D eigenvalue weighted by Gasteiger charge is -2.14. The molecule has 1 saturated carbocycles. The van der Waals surface area contributed by atoms with Crippen LogP contribution in [-0.4, -0.2) is 23.7 Å². The lowest BCUT2D eigenvalue weighted by molar-refractivity contribution is -0.120. The highest BCUT2D eigenvalue weighted by molar-refractivity contribution is 6.30. The largest absolute Gasteiger partial charge is 0.496 e. The fourth-order valence-corrected chi connectivity index (χ4v) is 3.73. The van der Waals surface area contributed by atoms with Crippen molar-refractivity contribution in [3.8, 4) is 5.75 Å². The number of nitrogens with zero attached hydrogens (tertiary/aromatic N) is 1. The molecule has 0 unspecified atom stereocenters. The second-order valence-electron chi connectivity index (χ2n) is 7.26. The van der Waals surface area contributed by atoms with Gasteiger partial charge in [0.25, 0.3) is 0 Å². The summed E-state index contributed by atoms with van der Waals surface area (Å²) in [7, 11) is 1.54. The van der Waals surface area contributed by atoms with Gasteiger partial charge in [-0.3, -0.25) is 14.6 Å². The van der Waals surface area contributed by atoms with Gasteiger partial charge in [0.05, 0.1) is 18.1 Å². The molecular formula is C24H20ClNO3. The van der Waals surface area contributed by atoms with Gasteiger partial charge in [0.1, 0.15) is 11.5 Å². The molecule has 0 radical (unpaired) electrons. The van der Waals surface area contributed by atoms with E-state index in [4.69, 9.17) is 16.3 Å². The molecule has 5 heteroatoms. The first-order chi connectivity index (χ1) is 14.0. The van der Waals surface area contributed by atoms with E-state index >= 15 is 0 Å². The van der Waals surface area contributed by atoms with Gasteiger partial charge in [-0.05, 0) is 54.8 Å². The van der Waals surface area contributed by atoms with Crippen LogP contribution in [0.4, 0.5) is 0 Å². The summed E-state index contributed by atoms with van der Waals surface area (Å²) in [4.78, 5) is 30.1. The number of hydrogen-bond acceptors (Lipinski definition) is 4. The molecule has 0 spiro atoms. The molecule has 29 heavy (non-hydrogen) atoms. The number of hydrogen-bond donors (Lipinski definition) is 0. The highest BCUT2D eigenvalue weighted by Gasteiger charge is 2.50. The summed E-state index contributed by atoms with van der Waals surface area (Å²) in [5, 5.41) is 0.661. The van der Waals surface area contributed by atoms with Crippen molar-refractivity contribution < 1.29 is 14.3 Å². The van der Waals surface area contributed by atoms with E-state index in [1.165, 1.54) is 13.3 Å². The molecule has 1 aliphatic carbocycles. The number of carbonyl (C=O) groups is 2. The van der Waals surface area contributed by atoms with Crippen molar-refractivity contribution in [1.82, 2.24) is 4.98 Å². The minimum atomic E-state index is -0.418. The Morgan fingerprint density at radius 1 is 1.03 bits per heavy atom. The fourth-order valence-electron chi connectivity index (χ4n) is 3.61. The minimum Gasteiger partial charge on any atom is -0.496 e. The number of ketones is 2. The average molecular weight is 406 g/mol. The van der Waals surface area contributed by atoms with Crippen LogP contribution in [0.3, 0.4) is 0 Å². The van der Waals surface area contributed by atoms with Gasteiger partial charge in [0.15, 0.2) is 5.78 Å². The third kappa shape index (κ3) is 3.81. The fraction of sp³-hybridized carbons (Fsp3) is 0.208. The highest BCUT2D eigenvalue weighted by Crippen LogP contribution is 2.49. The van der Waals surface area contributed by atoms with E-state index in [9.17, 15) is 9.59 Å². The van der Waals surface area contributed by atoms with E-state index in [0.29, 0.717) is 27.6 Å². The highest BCUT2D eigenvalue weighted by atomic mass is 35.5. The summed E-state index contributed by atoms with van der Waals surface area (Å²) in [5.41, 5.74) is 2.20. The maximum absolute atomic E-state index is 12.9. The predicted octanol–water partition coefficient (Wildman–Crippen LogP) is 4.82. The minimum absolute atomic E-state index is 0.149. The van der Waals surface area contributed by atoms with Crippen molar-refractivity contribution in [1.29, 1.82) is 0 Å². The zero-order valence-corrected chi connectivity index (χ0v) is 16.8. The van der Waals surface area contributed by atoms with E-state index in [1.54, 1.807) is 30.3 Å². The second-order valence-corrected chi connectivity index (χ2v) is 7.69. The van der Waals surface area contributed by atoms with Gasteiger partial charge in [-0.15, -0.1) is 0 Å². The van der Waals surface area contributed by atoms with Crippen LogP contribution in [0, 0.1) is 0 Å². The van der Waals surface area contributed by atoms with E-state index in [0.717, 1.165) is 18.4 Å². The third-order valence-corrected chi connectivity index (χ3v) is 5.71. The summed E-state index contributed by atoms with van der Waals surface area (Å²) < 4.78 is 5.26. The molecule has 4 nitrogen and oxygen atoms in total. The van der Waals surface area contributed by atoms with E-state index in [2.05, 4.69) is 4.98 Å². The summed E-state index contributed by atoms with van der Waals surface area (Å²) in [5.74, 6) is 0.513. The molecule has 0 amide bonds. The Hall–Kier alpha value is -2.98. The molecule has 1 aliphatic rings. The molecule has 0 aliphatic heterocycles. The Kier molecular flexibility index (Phi) is 5.20. The number of ether oxygens (including phenoxy) is 1. The number of methoxy groups -OCH3 is 1. The maximum Gasteiger partial charge on any atom is 0.198 e. The lowest BCUT2D eigenvalue weighted by atomic mass is 9.89. The predicted molar refractivity (Wildman–Crippen MR) is 112 cm³/mol. The Bertz CT molecular complexity index is 1050. The number of benzene rings is 2. The average Bonchev–Trinajstić information content (AvgIpc) is 3.56. The molecule has 1 aromatic heterocycles. The number of halogens is 1. The van der Waals surface area contributed by atoms with E-state index < -0.39 is 5.41 Å². The number of Topliss-reactive ketones (excluding diaryl/α,β-unsaturated/α-hetero) is 1. The summed E-state index contributed by atoms with van der Waals surface area (Å²) in [6.07, 6.45) is 3.46. The normalized spacial score (nSPS) is 14.3. The van der Waals surface area contributed by atoms with Crippen LogP contribution in [0.5, 0.6) is 5.75 Å². The monoisotopic (exact) mass is 405 g/mol. The van der Waals surface area contributed by atoms with Gasteiger partial charge in [-0.25, -0.2) is 0 Å². The third-order valence-electron chi connectivity index (χ3n) is 5.46. The van der Waals surface area contributed by atoms with Crippen LogP contribution < -0.4 is 4.74 Å². The molecule has 146 valence electrons. The van der Waals surface area contributed by atoms with Crippen LogP contribution in [0.25, 0.3) is 0 Å². The first-order valence-corrected chi connectivity index (χ1v) is 9.83. The number of carbonyl (C=O) groups excluding carboxylic acids is 2. The van der Waals surface area contributed by atoms with Gasteiger partial charge in [-0.1, -0.05) is 35.9 Å². The zero-order valence-electron chi connectivity index (χ0n) is 16.0. The molecule has 3 aromatic rings. The van der Waals surface area contributed by atoms with Crippen molar-refractivity contribution >= 4 is 23.2 Å². The first-order valence-electron chi connectivity index (χ1n) is 9.45. The van der Waals surface area contributed by atoms with Crippen LogP contribution in [-0.2, 0) is 16.6 Å². The molecule has 0 saturated heterocycles. The summed E-state index contributed by atoms with van der Waals surface area (Å²) in [6.45, 7) is 0. The van der Waals surface area contributed by atoms with Crippen molar-refractivity contribution in [2.75, 3.05) is 7.11 Å². The SMILES string of the molecule is COc1ccccc1C(=O)c1ccc(CC(=O)C2(c3ccc(Cl)cc3)CC2)nc1. The van der Waals surface area contributed by atoms with E-state index in [1.807, 2.05) is 30.3 Å². The number of para-hydroxylation sites is 1. The van der Waals surface area contributed by atoms with Crippen LogP contribution in [0.15, 0.2) is 66.9 Å². The Morgan fingerprint density at radius 3 is 2.38 bits per heavy atom. The van der Waals surface area contributed by atoms with Gasteiger partial charge in [0, 0.05) is 28.9 Å². The smallest absolute Gasteiger partial charge is 0.198 e. The van der Waals surface area contributed by atoms with Crippen molar-refractivity contribution in [2.24, 2.45) is 0 Å². The second kappa shape index (κ2) is 7.80. The van der Waals surface area contributed by atoms with Gasteiger partial charge in [-0.2, -0.15) is 0 Å². The Balaban J connectivity index is 1.49. The van der Waals surface area contributed by atoms with Crippen molar-refractivity contribution in [2.45, 2.75) is 24.7 Å². The number of rotatable bonds is 7. The Morgan fingerprint density at radius 2 is 1.76 bits per heavy atom. The first kappa shape index (κ1) is 19.3. The summed E-state index contributed by atoms with van der Waals surface area (Å²) >= 11 is 5.96. The number of aromatic nitrogens is 1.